The SMILES string of the molecule is C[C@@](C=CCc1ccccc1)(N[C@@H](CO)c1ccccc1)C(=O)O. The van der Waals surface area contributed by atoms with E-state index in [9.17, 15) is 15.0 Å². The average molecular weight is 325 g/mol. The second-order valence-corrected chi connectivity index (χ2v) is 5.89. The first-order valence-corrected chi connectivity index (χ1v) is 7.93. The maximum Gasteiger partial charge on any atom is 0.327 e. The van der Waals surface area contributed by atoms with Crippen molar-refractivity contribution in [3.8, 4) is 0 Å². The van der Waals surface area contributed by atoms with Gasteiger partial charge in [-0.2, -0.15) is 0 Å². The molecule has 0 spiro atoms. The van der Waals surface area contributed by atoms with Gasteiger partial charge in [0.25, 0.3) is 0 Å². The van der Waals surface area contributed by atoms with Crippen molar-refractivity contribution >= 4 is 5.97 Å². The maximum atomic E-state index is 11.8. The number of carboxylic acid groups (broad SMARTS) is 1. The van der Waals surface area contributed by atoms with Gasteiger partial charge >= 0.3 is 5.97 Å². The van der Waals surface area contributed by atoms with E-state index < -0.39 is 17.6 Å². The van der Waals surface area contributed by atoms with E-state index in [-0.39, 0.29) is 6.61 Å². The Labute approximate surface area is 142 Å². The predicted molar refractivity (Wildman–Crippen MR) is 94.7 cm³/mol. The highest BCUT2D eigenvalue weighted by molar-refractivity contribution is 5.81. The number of carboxylic acids is 1. The van der Waals surface area contributed by atoms with E-state index in [1.165, 1.54) is 0 Å². The topological polar surface area (TPSA) is 69.6 Å². The number of allylic oxidation sites excluding steroid dienone is 1. The summed E-state index contributed by atoms with van der Waals surface area (Å²) in [5, 5.41) is 22.3. The lowest BCUT2D eigenvalue weighted by Gasteiger charge is -2.28. The fourth-order valence-corrected chi connectivity index (χ4v) is 2.51. The Hall–Kier alpha value is -2.43. The molecule has 0 heterocycles. The monoisotopic (exact) mass is 325 g/mol. The molecule has 0 radical (unpaired) electrons. The molecule has 0 aliphatic heterocycles. The van der Waals surface area contributed by atoms with E-state index in [1.54, 1.807) is 13.0 Å². The number of aliphatic hydroxyl groups is 1. The molecule has 2 atom stereocenters. The van der Waals surface area contributed by atoms with Crippen molar-refractivity contribution < 1.29 is 15.0 Å². The maximum absolute atomic E-state index is 11.8. The largest absolute Gasteiger partial charge is 0.480 e. The van der Waals surface area contributed by atoms with E-state index in [0.717, 1.165) is 11.1 Å². The number of rotatable bonds is 8. The van der Waals surface area contributed by atoms with Crippen LogP contribution >= 0.6 is 0 Å². The molecule has 2 rings (SSSR count). The van der Waals surface area contributed by atoms with Gasteiger partial charge in [0.05, 0.1) is 12.6 Å². The molecule has 0 saturated heterocycles. The molecule has 0 amide bonds. The second kappa shape index (κ2) is 8.43. The van der Waals surface area contributed by atoms with Gasteiger partial charge in [-0.05, 0) is 24.5 Å². The second-order valence-electron chi connectivity index (χ2n) is 5.89. The summed E-state index contributed by atoms with van der Waals surface area (Å²) in [6.07, 6.45) is 4.14. The standard InChI is InChI=1S/C20H23NO3/c1-20(19(23)24,14-8-11-16-9-4-2-5-10-16)21-18(15-22)17-12-6-3-7-13-17/h2-10,12-14,18,21-22H,11,15H2,1H3,(H,23,24)/t18-,20-/m0/s1. The zero-order chi connectivity index (χ0) is 17.4. The Morgan fingerprint density at radius 3 is 2.25 bits per heavy atom. The minimum absolute atomic E-state index is 0.181. The molecule has 0 aliphatic carbocycles. The Morgan fingerprint density at radius 1 is 1.12 bits per heavy atom. The summed E-state index contributed by atoms with van der Waals surface area (Å²) in [5.74, 6) is -0.985. The molecule has 0 saturated carbocycles. The lowest BCUT2D eigenvalue weighted by atomic mass is 9.97. The Kier molecular flexibility index (Phi) is 6.29. The molecular weight excluding hydrogens is 302 g/mol. The van der Waals surface area contributed by atoms with Crippen molar-refractivity contribution in [3.63, 3.8) is 0 Å². The molecule has 24 heavy (non-hydrogen) atoms. The minimum Gasteiger partial charge on any atom is -0.480 e. The van der Waals surface area contributed by atoms with Gasteiger partial charge in [0.15, 0.2) is 0 Å². The Bertz CT molecular complexity index is 670. The summed E-state index contributed by atoms with van der Waals surface area (Å²) in [7, 11) is 0. The highest BCUT2D eigenvalue weighted by Gasteiger charge is 2.32. The van der Waals surface area contributed by atoms with E-state index in [0.29, 0.717) is 6.42 Å². The van der Waals surface area contributed by atoms with Crippen molar-refractivity contribution in [1.29, 1.82) is 0 Å². The zero-order valence-corrected chi connectivity index (χ0v) is 13.7. The van der Waals surface area contributed by atoms with E-state index in [1.807, 2.05) is 66.7 Å². The van der Waals surface area contributed by atoms with Crippen molar-refractivity contribution in [2.24, 2.45) is 0 Å². The van der Waals surface area contributed by atoms with E-state index in [4.69, 9.17) is 0 Å². The summed E-state index contributed by atoms with van der Waals surface area (Å²) in [6, 6.07) is 18.7. The smallest absolute Gasteiger partial charge is 0.327 e. The molecule has 2 aromatic rings. The van der Waals surface area contributed by atoms with Crippen LogP contribution in [0.3, 0.4) is 0 Å². The van der Waals surface area contributed by atoms with Crippen molar-refractivity contribution in [2.45, 2.75) is 24.9 Å². The summed E-state index contributed by atoms with van der Waals surface area (Å²) in [4.78, 5) is 11.8. The van der Waals surface area contributed by atoms with Gasteiger partial charge in [-0.1, -0.05) is 72.8 Å². The van der Waals surface area contributed by atoms with Crippen LogP contribution in [-0.2, 0) is 11.2 Å². The van der Waals surface area contributed by atoms with E-state index >= 15 is 0 Å². The van der Waals surface area contributed by atoms with Crippen LogP contribution in [0.15, 0.2) is 72.8 Å². The summed E-state index contributed by atoms with van der Waals surface area (Å²) < 4.78 is 0. The number of nitrogens with one attached hydrogen (secondary N) is 1. The number of hydrogen-bond donors (Lipinski definition) is 3. The van der Waals surface area contributed by atoms with Gasteiger partial charge in [-0.25, -0.2) is 4.79 Å². The molecule has 0 aromatic heterocycles. The molecule has 0 aliphatic rings. The number of carbonyl (C=O) groups is 1. The molecule has 0 bridgehead atoms. The lowest BCUT2D eigenvalue weighted by Crippen LogP contribution is -2.50. The van der Waals surface area contributed by atoms with Gasteiger partial charge in [-0.15, -0.1) is 0 Å². The number of benzene rings is 2. The Balaban J connectivity index is 2.12. The van der Waals surface area contributed by atoms with Crippen molar-refractivity contribution in [2.75, 3.05) is 6.61 Å². The van der Waals surface area contributed by atoms with Crippen LogP contribution < -0.4 is 5.32 Å². The third-order valence-corrected chi connectivity index (χ3v) is 3.95. The molecular formula is C20H23NO3. The number of hydrogen-bond acceptors (Lipinski definition) is 3. The first kappa shape index (κ1) is 17.9. The number of aliphatic hydroxyl groups excluding tert-OH is 1. The molecule has 2 aromatic carbocycles. The molecule has 0 fully saturated rings. The highest BCUT2D eigenvalue weighted by Crippen LogP contribution is 2.18. The van der Waals surface area contributed by atoms with Crippen LogP contribution in [0.25, 0.3) is 0 Å². The van der Waals surface area contributed by atoms with Crippen LogP contribution in [0.2, 0.25) is 0 Å². The van der Waals surface area contributed by atoms with Gasteiger partial charge < -0.3 is 10.2 Å². The number of aliphatic carboxylic acids is 1. The first-order valence-electron chi connectivity index (χ1n) is 7.93. The lowest BCUT2D eigenvalue weighted by molar-refractivity contribution is -0.142. The third-order valence-electron chi connectivity index (χ3n) is 3.95. The normalized spacial score (nSPS) is 15.1. The van der Waals surface area contributed by atoms with Gasteiger partial charge in [0.1, 0.15) is 5.54 Å². The fourth-order valence-electron chi connectivity index (χ4n) is 2.51. The van der Waals surface area contributed by atoms with Crippen LogP contribution in [0, 0.1) is 0 Å². The minimum atomic E-state index is -1.27. The molecule has 4 heteroatoms. The van der Waals surface area contributed by atoms with Crippen LogP contribution in [0.1, 0.15) is 24.1 Å². The van der Waals surface area contributed by atoms with Gasteiger partial charge in [-0.3, -0.25) is 5.32 Å². The van der Waals surface area contributed by atoms with Crippen molar-refractivity contribution in [3.05, 3.63) is 83.9 Å². The summed E-state index contributed by atoms with van der Waals surface area (Å²) in [6.45, 7) is 1.42. The van der Waals surface area contributed by atoms with Crippen molar-refractivity contribution in [1.82, 2.24) is 5.32 Å². The molecule has 126 valence electrons. The third kappa shape index (κ3) is 4.78. The molecule has 4 nitrogen and oxygen atoms in total. The first-order chi connectivity index (χ1) is 11.5. The molecule has 3 N–H and O–H groups in total. The van der Waals surface area contributed by atoms with Crippen LogP contribution in [0.4, 0.5) is 0 Å². The van der Waals surface area contributed by atoms with Gasteiger partial charge in [0.2, 0.25) is 0 Å². The van der Waals surface area contributed by atoms with Gasteiger partial charge in [0, 0.05) is 0 Å². The average Bonchev–Trinajstić information content (AvgIpc) is 2.61. The zero-order valence-electron chi connectivity index (χ0n) is 13.7. The molecule has 0 unspecified atom stereocenters. The van der Waals surface area contributed by atoms with Crippen LogP contribution in [-0.4, -0.2) is 28.3 Å². The van der Waals surface area contributed by atoms with E-state index in [2.05, 4.69) is 5.32 Å². The predicted octanol–water partition coefficient (Wildman–Crippen LogP) is 2.95. The summed E-state index contributed by atoms with van der Waals surface area (Å²) in [5.41, 5.74) is 0.699. The summed E-state index contributed by atoms with van der Waals surface area (Å²) >= 11 is 0. The Morgan fingerprint density at radius 2 is 1.71 bits per heavy atom. The fraction of sp³-hybridized carbons (Fsp3) is 0.250. The van der Waals surface area contributed by atoms with Crippen LogP contribution in [0.5, 0.6) is 0 Å². The highest BCUT2D eigenvalue weighted by atomic mass is 16.4. The quantitative estimate of drug-likeness (QED) is 0.653.